The van der Waals surface area contributed by atoms with E-state index in [0.29, 0.717) is 30.2 Å². The Bertz CT molecular complexity index is 760. The number of likely N-dealkylation sites (tertiary alicyclic amines) is 1. The highest BCUT2D eigenvalue weighted by Gasteiger charge is 2.29. The third-order valence-corrected chi connectivity index (χ3v) is 4.61. The van der Waals surface area contributed by atoms with Gasteiger partial charge in [-0.15, -0.1) is 0 Å². The molecule has 1 heterocycles. The van der Waals surface area contributed by atoms with Gasteiger partial charge in [0.1, 0.15) is 11.5 Å². The Balaban J connectivity index is 1.56. The highest BCUT2D eigenvalue weighted by Crippen LogP contribution is 2.22. The number of benzene rings is 2. The first-order chi connectivity index (χ1) is 12.7. The molecule has 0 aliphatic carbocycles. The lowest BCUT2D eigenvalue weighted by atomic mass is 9.90. The number of hydrogen-bond acceptors (Lipinski definition) is 4. The van der Waals surface area contributed by atoms with Crippen LogP contribution < -0.4 is 9.47 Å². The molecular formula is C21H23NO4. The second-order valence-electron chi connectivity index (χ2n) is 6.38. The van der Waals surface area contributed by atoms with Crippen LogP contribution in [-0.2, 0) is 4.79 Å². The number of methoxy groups -OCH3 is 1. The summed E-state index contributed by atoms with van der Waals surface area (Å²) in [4.78, 5) is 26.9. The summed E-state index contributed by atoms with van der Waals surface area (Å²) in [6.07, 6.45) is 1.64. The Morgan fingerprint density at radius 2 is 1.85 bits per heavy atom. The molecule has 1 saturated heterocycles. The fourth-order valence-corrected chi connectivity index (χ4v) is 3.18. The van der Waals surface area contributed by atoms with E-state index in [-0.39, 0.29) is 24.2 Å². The van der Waals surface area contributed by atoms with Gasteiger partial charge in [0.05, 0.1) is 7.11 Å². The lowest BCUT2D eigenvalue weighted by Crippen LogP contribution is -2.44. The molecule has 0 N–H and O–H groups in total. The van der Waals surface area contributed by atoms with E-state index >= 15 is 0 Å². The molecule has 1 aliphatic rings. The predicted octanol–water partition coefficient (Wildman–Crippen LogP) is 3.20. The lowest BCUT2D eigenvalue weighted by molar-refractivity contribution is -0.134. The number of Topliss-reactive ketones (excluding diaryl/α,β-unsaturated/α-hetero) is 1. The molecule has 0 aromatic heterocycles. The van der Waals surface area contributed by atoms with Gasteiger partial charge in [-0.2, -0.15) is 0 Å². The molecule has 5 nitrogen and oxygen atoms in total. The molecule has 0 saturated carbocycles. The van der Waals surface area contributed by atoms with Crippen LogP contribution in [-0.4, -0.2) is 43.4 Å². The molecule has 1 aliphatic heterocycles. The van der Waals surface area contributed by atoms with Crippen LogP contribution in [0.25, 0.3) is 0 Å². The maximum atomic E-state index is 12.6. The summed E-state index contributed by atoms with van der Waals surface area (Å²) >= 11 is 0. The normalized spacial score (nSPS) is 16.8. The van der Waals surface area contributed by atoms with Crippen molar-refractivity contribution in [2.24, 2.45) is 5.92 Å². The van der Waals surface area contributed by atoms with E-state index in [1.54, 1.807) is 24.1 Å². The molecule has 136 valence electrons. The van der Waals surface area contributed by atoms with Crippen LogP contribution in [0.5, 0.6) is 11.5 Å². The summed E-state index contributed by atoms with van der Waals surface area (Å²) in [5.74, 6) is 1.13. The van der Waals surface area contributed by atoms with Crippen molar-refractivity contribution in [1.29, 1.82) is 0 Å². The zero-order valence-corrected chi connectivity index (χ0v) is 14.9. The first-order valence-electron chi connectivity index (χ1n) is 8.81. The molecule has 2 aromatic carbocycles. The molecule has 1 fully saturated rings. The Morgan fingerprint density at radius 1 is 1.08 bits per heavy atom. The number of ketones is 1. The fourth-order valence-electron chi connectivity index (χ4n) is 3.18. The van der Waals surface area contributed by atoms with Crippen molar-refractivity contribution < 1.29 is 19.1 Å². The quantitative estimate of drug-likeness (QED) is 0.749. The van der Waals surface area contributed by atoms with Crippen molar-refractivity contribution in [2.45, 2.75) is 12.8 Å². The number of piperidine rings is 1. The highest BCUT2D eigenvalue weighted by molar-refractivity contribution is 5.98. The van der Waals surface area contributed by atoms with Gasteiger partial charge < -0.3 is 14.4 Å². The fraction of sp³-hybridized carbons (Fsp3) is 0.333. The molecule has 0 radical (unpaired) electrons. The molecular weight excluding hydrogens is 330 g/mol. The molecule has 0 bridgehead atoms. The van der Waals surface area contributed by atoms with Crippen LogP contribution in [0.3, 0.4) is 0 Å². The summed E-state index contributed by atoms with van der Waals surface area (Å²) in [6, 6.07) is 16.4. The lowest BCUT2D eigenvalue weighted by Gasteiger charge is -2.32. The first-order valence-corrected chi connectivity index (χ1v) is 8.81. The van der Waals surface area contributed by atoms with E-state index in [2.05, 4.69) is 0 Å². The standard InChI is InChI=1S/C21H23NO4/c1-25-18-10-5-11-19(13-18)26-15-20(23)22-12-6-9-17(14-22)21(24)16-7-3-2-4-8-16/h2-5,7-8,10-11,13,17H,6,9,12,14-15H2,1H3/t17-/m1/s1. The van der Waals surface area contributed by atoms with Crippen molar-refractivity contribution in [1.82, 2.24) is 4.90 Å². The van der Waals surface area contributed by atoms with E-state index in [4.69, 9.17) is 9.47 Å². The second kappa shape index (κ2) is 8.52. The number of ether oxygens (including phenoxy) is 2. The van der Waals surface area contributed by atoms with Crippen molar-refractivity contribution in [2.75, 3.05) is 26.8 Å². The smallest absolute Gasteiger partial charge is 0.260 e. The van der Waals surface area contributed by atoms with Gasteiger partial charge in [-0.1, -0.05) is 36.4 Å². The summed E-state index contributed by atoms with van der Waals surface area (Å²) in [7, 11) is 1.59. The van der Waals surface area contributed by atoms with Crippen LogP contribution in [0.4, 0.5) is 0 Å². The number of amides is 1. The van der Waals surface area contributed by atoms with Gasteiger partial charge in [-0.3, -0.25) is 9.59 Å². The van der Waals surface area contributed by atoms with E-state index in [1.807, 2.05) is 42.5 Å². The van der Waals surface area contributed by atoms with Crippen molar-refractivity contribution in [3.05, 3.63) is 60.2 Å². The SMILES string of the molecule is COc1cccc(OCC(=O)N2CCC[C@@H](C(=O)c3ccccc3)C2)c1. The molecule has 0 unspecified atom stereocenters. The van der Waals surface area contributed by atoms with Gasteiger partial charge in [-0.05, 0) is 25.0 Å². The van der Waals surface area contributed by atoms with Crippen LogP contribution in [0.2, 0.25) is 0 Å². The van der Waals surface area contributed by atoms with Crippen LogP contribution in [0.1, 0.15) is 23.2 Å². The van der Waals surface area contributed by atoms with E-state index in [9.17, 15) is 9.59 Å². The first kappa shape index (κ1) is 18.0. The molecule has 5 heteroatoms. The zero-order chi connectivity index (χ0) is 18.4. The molecule has 26 heavy (non-hydrogen) atoms. The molecule has 1 amide bonds. The van der Waals surface area contributed by atoms with Gasteiger partial charge in [0.2, 0.25) is 0 Å². The van der Waals surface area contributed by atoms with E-state index < -0.39 is 0 Å². The Hall–Kier alpha value is -2.82. The second-order valence-corrected chi connectivity index (χ2v) is 6.38. The topological polar surface area (TPSA) is 55.8 Å². The monoisotopic (exact) mass is 353 g/mol. The van der Waals surface area contributed by atoms with Crippen LogP contribution >= 0.6 is 0 Å². The van der Waals surface area contributed by atoms with Crippen LogP contribution in [0.15, 0.2) is 54.6 Å². The highest BCUT2D eigenvalue weighted by atomic mass is 16.5. The summed E-state index contributed by atoms with van der Waals surface area (Å²) in [5, 5.41) is 0. The molecule has 0 spiro atoms. The maximum Gasteiger partial charge on any atom is 0.260 e. The number of nitrogens with zero attached hydrogens (tertiary/aromatic N) is 1. The average Bonchev–Trinajstić information content (AvgIpc) is 2.72. The Labute approximate surface area is 153 Å². The number of carbonyl (C=O) groups is 2. The van der Waals surface area contributed by atoms with Crippen LogP contribution in [0, 0.1) is 5.92 Å². The number of carbonyl (C=O) groups excluding carboxylic acids is 2. The minimum atomic E-state index is -0.146. The van der Waals surface area contributed by atoms with Crippen molar-refractivity contribution in [3.63, 3.8) is 0 Å². The van der Waals surface area contributed by atoms with Gasteiger partial charge in [0, 0.05) is 30.6 Å². The third kappa shape index (κ3) is 4.42. The molecule has 2 aromatic rings. The van der Waals surface area contributed by atoms with E-state index in [0.717, 1.165) is 12.8 Å². The Kier molecular flexibility index (Phi) is 5.89. The largest absolute Gasteiger partial charge is 0.497 e. The minimum Gasteiger partial charge on any atom is -0.497 e. The average molecular weight is 353 g/mol. The number of rotatable bonds is 6. The Morgan fingerprint density at radius 3 is 2.62 bits per heavy atom. The van der Waals surface area contributed by atoms with Gasteiger partial charge in [-0.25, -0.2) is 0 Å². The van der Waals surface area contributed by atoms with Gasteiger partial charge in [0.25, 0.3) is 5.91 Å². The summed E-state index contributed by atoms with van der Waals surface area (Å²) < 4.78 is 10.7. The minimum absolute atomic E-state index is 0.0422. The van der Waals surface area contributed by atoms with E-state index in [1.165, 1.54) is 0 Å². The van der Waals surface area contributed by atoms with Gasteiger partial charge in [0.15, 0.2) is 12.4 Å². The number of hydrogen-bond donors (Lipinski definition) is 0. The third-order valence-electron chi connectivity index (χ3n) is 4.61. The molecule has 3 rings (SSSR count). The predicted molar refractivity (Wildman–Crippen MR) is 98.6 cm³/mol. The van der Waals surface area contributed by atoms with Crippen molar-refractivity contribution >= 4 is 11.7 Å². The summed E-state index contributed by atoms with van der Waals surface area (Å²) in [6.45, 7) is 1.08. The zero-order valence-electron chi connectivity index (χ0n) is 14.9. The summed E-state index contributed by atoms with van der Waals surface area (Å²) in [5.41, 5.74) is 0.708. The maximum absolute atomic E-state index is 12.6. The van der Waals surface area contributed by atoms with Crippen molar-refractivity contribution in [3.8, 4) is 11.5 Å². The molecule has 1 atom stereocenters. The van der Waals surface area contributed by atoms with Gasteiger partial charge >= 0.3 is 0 Å².